The van der Waals surface area contributed by atoms with E-state index in [0.29, 0.717) is 23.3 Å². The van der Waals surface area contributed by atoms with Gasteiger partial charge < -0.3 is 5.32 Å². The number of nitrogens with zero attached hydrogens (tertiary/aromatic N) is 1. The molecule has 3 rings (SSSR count). The highest BCUT2D eigenvalue weighted by atomic mass is 35.5. The van der Waals surface area contributed by atoms with Crippen LogP contribution in [0.2, 0.25) is 0 Å². The number of carbonyl (C=O) groups is 2. The maximum Gasteiger partial charge on any atom is 0.214 e. The Bertz CT molecular complexity index is 684. The highest BCUT2D eigenvalue weighted by Gasteiger charge is 2.37. The second kappa shape index (κ2) is 5.62. The van der Waals surface area contributed by atoms with Crippen LogP contribution in [0.3, 0.4) is 0 Å². The second-order valence-electron chi connectivity index (χ2n) is 4.84. The van der Waals surface area contributed by atoms with Crippen LogP contribution in [0.4, 0.5) is 0 Å². The summed E-state index contributed by atoms with van der Waals surface area (Å²) in [6, 6.07) is -0.327. The molecule has 0 aromatic heterocycles. The number of Topliss-reactive ketones (excluding diaryl/α,β-unsaturated/α-hetero) is 2. The third-order valence-corrected chi connectivity index (χ3v) is 4.15. The van der Waals surface area contributed by atoms with Gasteiger partial charge in [0.15, 0.2) is 0 Å². The molecular formula is C15H12Cl2N2O2. The van der Waals surface area contributed by atoms with Crippen LogP contribution in [0.5, 0.6) is 0 Å². The quantitative estimate of drug-likeness (QED) is 0.625. The minimum atomic E-state index is -0.327. The summed E-state index contributed by atoms with van der Waals surface area (Å²) in [4.78, 5) is 29.4. The van der Waals surface area contributed by atoms with Crippen LogP contribution in [-0.2, 0) is 9.59 Å². The standard InChI is InChI=1S/C15H12Cl2N2O2/c16-6-10-11(7-17)19-13-12(18-10)14(20)8-4-2-1-3-5-9(8)15(13)21/h2-5,10,18H,1,6-7H2. The average molecular weight is 323 g/mol. The van der Waals surface area contributed by atoms with Gasteiger partial charge in [-0.1, -0.05) is 24.3 Å². The molecule has 1 aliphatic heterocycles. The van der Waals surface area contributed by atoms with Crippen LogP contribution in [0, 0.1) is 0 Å². The van der Waals surface area contributed by atoms with Crippen molar-refractivity contribution < 1.29 is 9.59 Å². The summed E-state index contributed by atoms with van der Waals surface area (Å²) in [5.41, 5.74) is 1.71. The van der Waals surface area contributed by atoms with Crippen molar-refractivity contribution in [2.24, 2.45) is 4.99 Å². The van der Waals surface area contributed by atoms with Crippen molar-refractivity contribution in [3.8, 4) is 0 Å². The van der Waals surface area contributed by atoms with E-state index in [4.69, 9.17) is 23.2 Å². The lowest BCUT2D eigenvalue weighted by Crippen LogP contribution is -2.46. The summed E-state index contributed by atoms with van der Waals surface area (Å²) in [6.45, 7) is 0. The first-order chi connectivity index (χ1) is 10.2. The summed E-state index contributed by atoms with van der Waals surface area (Å²) < 4.78 is 0. The second-order valence-corrected chi connectivity index (χ2v) is 5.41. The first kappa shape index (κ1) is 14.3. The minimum Gasteiger partial charge on any atom is -0.371 e. The largest absolute Gasteiger partial charge is 0.371 e. The molecule has 1 heterocycles. The molecule has 0 fully saturated rings. The van der Waals surface area contributed by atoms with Gasteiger partial charge in [-0.3, -0.25) is 9.59 Å². The lowest BCUT2D eigenvalue weighted by molar-refractivity contribution is -0.116. The van der Waals surface area contributed by atoms with Crippen LogP contribution < -0.4 is 5.32 Å². The molecule has 0 aromatic carbocycles. The summed E-state index contributed by atoms with van der Waals surface area (Å²) in [5, 5.41) is 3.01. The Kier molecular flexibility index (Phi) is 3.83. The Morgan fingerprint density at radius 3 is 2.43 bits per heavy atom. The predicted molar refractivity (Wildman–Crippen MR) is 82.8 cm³/mol. The molecule has 0 saturated heterocycles. The zero-order valence-electron chi connectivity index (χ0n) is 11.0. The first-order valence-electron chi connectivity index (χ1n) is 6.54. The predicted octanol–water partition coefficient (Wildman–Crippen LogP) is 2.05. The fourth-order valence-electron chi connectivity index (χ4n) is 2.48. The lowest BCUT2D eigenvalue weighted by atomic mass is 9.89. The number of carbonyl (C=O) groups excluding carboxylic acids is 2. The van der Waals surface area contributed by atoms with Crippen molar-refractivity contribution in [3.05, 3.63) is 46.8 Å². The molecule has 6 heteroatoms. The summed E-state index contributed by atoms with van der Waals surface area (Å²) >= 11 is 11.7. The number of halogens is 2. The Hall–Kier alpha value is -1.65. The van der Waals surface area contributed by atoms with Crippen molar-refractivity contribution in [2.45, 2.75) is 12.5 Å². The Morgan fingerprint density at radius 2 is 1.81 bits per heavy atom. The Morgan fingerprint density at radius 1 is 1.14 bits per heavy atom. The van der Waals surface area contributed by atoms with Gasteiger partial charge in [0.25, 0.3) is 0 Å². The van der Waals surface area contributed by atoms with Crippen LogP contribution in [0.25, 0.3) is 0 Å². The van der Waals surface area contributed by atoms with Gasteiger partial charge in [0.2, 0.25) is 11.6 Å². The zero-order valence-corrected chi connectivity index (χ0v) is 12.5. The number of nitrogens with one attached hydrogen (secondary N) is 1. The van der Waals surface area contributed by atoms with Crippen LogP contribution >= 0.6 is 23.2 Å². The van der Waals surface area contributed by atoms with E-state index in [0.717, 1.165) is 0 Å². The van der Waals surface area contributed by atoms with Crippen molar-refractivity contribution in [1.29, 1.82) is 0 Å². The monoisotopic (exact) mass is 322 g/mol. The molecule has 0 aromatic rings. The molecule has 2 aliphatic carbocycles. The molecule has 1 unspecified atom stereocenters. The molecule has 1 atom stereocenters. The third kappa shape index (κ3) is 2.28. The van der Waals surface area contributed by atoms with Crippen molar-refractivity contribution in [2.75, 3.05) is 11.8 Å². The number of ketones is 2. The third-order valence-electron chi connectivity index (χ3n) is 3.57. The highest BCUT2D eigenvalue weighted by molar-refractivity contribution is 6.33. The number of alkyl halides is 2. The van der Waals surface area contributed by atoms with Gasteiger partial charge in [-0.05, 0) is 6.42 Å². The van der Waals surface area contributed by atoms with E-state index in [1.807, 2.05) is 12.2 Å². The van der Waals surface area contributed by atoms with Crippen molar-refractivity contribution in [3.63, 3.8) is 0 Å². The van der Waals surface area contributed by atoms with Crippen LogP contribution in [0.1, 0.15) is 6.42 Å². The van der Waals surface area contributed by atoms with E-state index in [2.05, 4.69) is 10.3 Å². The van der Waals surface area contributed by atoms with Gasteiger partial charge in [0.05, 0.1) is 17.6 Å². The minimum absolute atomic E-state index is 0.135. The molecule has 0 radical (unpaired) electrons. The van der Waals surface area contributed by atoms with E-state index in [1.54, 1.807) is 12.2 Å². The summed E-state index contributed by atoms with van der Waals surface area (Å²) in [5.74, 6) is -0.101. The van der Waals surface area contributed by atoms with Gasteiger partial charge >= 0.3 is 0 Å². The molecule has 0 amide bonds. The van der Waals surface area contributed by atoms with Crippen LogP contribution in [0.15, 0.2) is 51.8 Å². The van der Waals surface area contributed by atoms with Gasteiger partial charge in [0.1, 0.15) is 11.4 Å². The highest BCUT2D eigenvalue weighted by Crippen LogP contribution is 2.30. The number of hydrogen-bond donors (Lipinski definition) is 1. The molecule has 4 nitrogen and oxygen atoms in total. The van der Waals surface area contributed by atoms with E-state index in [9.17, 15) is 9.59 Å². The van der Waals surface area contributed by atoms with Crippen molar-refractivity contribution >= 4 is 40.5 Å². The van der Waals surface area contributed by atoms with Gasteiger partial charge in [-0.2, -0.15) is 0 Å². The SMILES string of the molecule is O=C1C2=C(C=CCC=C2)C(=O)C2=C1N=C(CCl)C(CCl)N2. The molecule has 3 aliphatic rings. The smallest absolute Gasteiger partial charge is 0.214 e. The molecular weight excluding hydrogens is 311 g/mol. The fourth-order valence-corrected chi connectivity index (χ4v) is 2.98. The van der Waals surface area contributed by atoms with Crippen LogP contribution in [-0.4, -0.2) is 35.1 Å². The average Bonchev–Trinajstić information content (AvgIpc) is 2.77. The number of aliphatic imine (C=N–C) groups is 1. The molecule has 1 N–H and O–H groups in total. The Balaban J connectivity index is 2.11. The maximum atomic E-state index is 12.6. The summed E-state index contributed by atoms with van der Waals surface area (Å²) in [6.07, 6.45) is 7.76. The number of hydrogen-bond acceptors (Lipinski definition) is 4. The maximum absolute atomic E-state index is 12.6. The Labute approximate surface area is 131 Å². The molecule has 0 spiro atoms. The van der Waals surface area contributed by atoms with E-state index in [-0.39, 0.29) is 40.8 Å². The van der Waals surface area contributed by atoms with Crippen molar-refractivity contribution in [1.82, 2.24) is 5.32 Å². The summed E-state index contributed by atoms with van der Waals surface area (Å²) in [7, 11) is 0. The number of rotatable bonds is 2. The van der Waals surface area contributed by atoms with E-state index < -0.39 is 0 Å². The van der Waals surface area contributed by atoms with Gasteiger partial charge in [-0.15, -0.1) is 23.2 Å². The van der Waals surface area contributed by atoms with Gasteiger partial charge in [0, 0.05) is 17.0 Å². The van der Waals surface area contributed by atoms with Gasteiger partial charge in [-0.25, -0.2) is 4.99 Å². The molecule has 0 saturated carbocycles. The fraction of sp³-hybridized carbons (Fsp3) is 0.267. The van der Waals surface area contributed by atoms with E-state index >= 15 is 0 Å². The number of allylic oxidation sites excluding steroid dienone is 6. The normalized spacial score (nSPS) is 24.5. The molecule has 108 valence electrons. The zero-order chi connectivity index (χ0) is 15.0. The topological polar surface area (TPSA) is 58.5 Å². The lowest BCUT2D eigenvalue weighted by Gasteiger charge is -2.29. The molecule has 0 bridgehead atoms. The first-order valence-corrected chi connectivity index (χ1v) is 7.61. The molecule has 21 heavy (non-hydrogen) atoms. The van der Waals surface area contributed by atoms with E-state index in [1.165, 1.54) is 0 Å².